The summed E-state index contributed by atoms with van der Waals surface area (Å²) in [5.74, 6) is 0. The van der Waals surface area contributed by atoms with E-state index in [1.54, 1.807) is 9.15 Å². The first-order valence-electron chi connectivity index (χ1n) is 8.37. The molecule has 0 amide bonds. The van der Waals surface area contributed by atoms with Gasteiger partial charge >= 0.3 is 0 Å². The van der Waals surface area contributed by atoms with E-state index in [0.717, 1.165) is 41.4 Å². The van der Waals surface area contributed by atoms with Crippen LogP contribution in [-0.2, 0) is 6.42 Å². The van der Waals surface area contributed by atoms with Gasteiger partial charge in [0.05, 0.1) is 11.2 Å². The highest BCUT2D eigenvalue weighted by atomic mass is 16.1. The molecule has 0 saturated heterocycles. The molecule has 2 heterocycles. The number of rotatable bonds is 4. The molecule has 0 bridgehead atoms. The standard InChI is InChI=1S/C20H19N3O/c1-2-3-12-17-14-16-11-7-8-13-18(16)22-20(24)19(21-23(17)22)15-9-5-4-6-10-15/h4-11,13-14H,2-3,12H2,1H3. The third kappa shape index (κ3) is 2.31. The maximum absolute atomic E-state index is 13.0. The van der Waals surface area contributed by atoms with Crippen molar-refractivity contribution in [1.29, 1.82) is 0 Å². The highest BCUT2D eigenvalue weighted by Gasteiger charge is 2.15. The second kappa shape index (κ2) is 5.96. The minimum atomic E-state index is -0.0734. The second-order valence-electron chi connectivity index (χ2n) is 6.02. The zero-order chi connectivity index (χ0) is 16.5. The van der Waals surface area contributed by atoms with Gasteiger partial charge in [-0.15, -0.1) is 5.10 Å². The molecular weight excluding hydrogens is 298 g/mol. The molecule has 24 heavy (non-hydrogen) atoms. The lowest BCUT2D eigenvalue weighted by Crippen LogP contribution is -2.16. The quantitative estimate of drug-likeness (QED) is 0.571. The van der Waals surface area contributed by atoms with Crippen LogP contribution in [0.5, 0.6) is 0 Å². The third-order valence-electron chi connectivity index (χ3n) is 4.36. The molecule has 4 rings (SSSR count). The Bertz CT molecular complexity index is 1060. The van der Waals surface area contributed by atoms with E-state index in [1.165, 1.54) is 0 Å². The van der Waals surface area contributed by atoms with E-state index in [1.807, 2.05) is 54.6 Å². The lowest BCUT2D eigenvalue weighted by molar-refractivity contribution is 0.655. The van der Waals surface area contributed by atoms with Gasteiger partial charge in [-0.1, -0.05) is 61.9 Å². The summed E-state index contributed by atoms with van der Waals surface area (Å²) >= 11 is 0. The van der Waals surface area contributed by atoms with E-state index < -0.39 is 0 Å². The Morgan fingerprint density at radius 1 is 1.00 bits per heavy atom. The molecule has 0 saturated carbocycles. The Morgan fingerprint density at radius 2 is 1.75 bits per heavy atom. The minimum absolute atomic E-state index is 0.0734. The molecule has 120 valence electrons. The molecule has 4 nitrogen and oxygen atoms in total. The lowest BCUT2D eigenvalue weighted by atomic mass is 10.1. The topological polar surface area (TPSA) is 38.8 Å². The first-order valence-corrected chi connectivity index (χ1v) is 8.37. The van der Waals surface area contributed by atoms with E-state index >= 15 is 0 Å². The highest BCUT2D eigenvalue weighted by Crippen LogP contribution is 2.18. The van der Waals surface area contributed by atoms with E-state index in [9.17, 15) is 4.79 Å². The molecule has 0 radical (unpaired) electrons. The third-order valence-corrected chi connectivity index (χ3v) is 4.36. The number of unbranched alkanes of at least 4 members (excludes halogenated alkanes) is 1. The van der Waals surface area contributed by atoms with Crippen LogP contribution in [-0.4, -0.2) is 14.2 Å². The first-order chi connectivity index (χ1) is 11.8. The molecule has 0 N–H and O–H groups in total. The number of fused-ring (bicyclic) bond motifs is 3. The summed E-state index contributed by atoms with van der Waals surface area (Å²) in [7, 11) is 0. The summed E-state index contributed by atoms with van der Waals surface area (Å²) in [6, 6.07) is 19.8. The van der Waals surface area contributed by atoms with Crippen molar-refractivity contribution in [3.63, 3.8) is 0 Å². The summed E-state index contributed by atoms with van der Waals surface area (Å²) in [4.78, 5) is 13.0. The Hall–Kier alpha value is -2.88. The SMILES string of the molecule is CCCCc1cc2ccccc2n2c(=O)c(-c3ccccc3)nn12. The normalized spacial score (nSPS) is 11.4. The van der Waals surface area contributed by atoms with Crippen LogP contribution >= 0.6 is 0 Å². The summed E-state index contributed by atoms with van der Waals surface area (Å²) < 4.78 is 3.48. The molecule has 2 aromatic heterocycles. The van der Waals surface area contributed by atoms with Crippen molar-refractivity contribution in [3.8, 4) is 11.3 Å². The Labute approximate surface area is 140 Å². The molecule has 0 aliphatic rings. The summed E-state index contributed by atoms with van der Waals surface area (Å²) in [6.07, 6.45) is 3.08. The van der Waals surface area contributed by atoms with Crippen molar-refractivity contribution < 1.29 is 0 Å². The Balaban J connectivity index is 2.07. The number of hydrogen-bond donors (Lipinski definition) is 0. The van der Waals surface area contributed by atoms with Gasteiger partial charge in [0.15, 0.2) is 5.69 Å². The van der Waals surface area contributed by atoms with Gasteiger partial charge in [0.2, 0.25) is 0 Å². The predicted octanol–water partition coefficient (Wildman–Crippen LogP) is 3.96. The van der Waals surface area contributed by atoms with Crippen LogP contribution in [0.4, 0.5) is 0 Å². The van der Waals surface area contributed by atoms with E-state index in [4.69, 9.17) is 0 Å². The fraction of sp³-hybridized carbons (Fsp3) is 0.200. The molecule has 0 fully saturated rings. The van der Waals surface area contributed by atoms with Crippen molar-refractivity contribution in [1.82, 2.24) is 14.2 Å². The van der Waals surface area contributed by atoms with Crippen LogP contribution in [0.2, 0.25) is 0 Å². The zero-order valence-corrected chi connectivity index (χ0v) is 13.6. The van der Waals surface area contributed by atoms with Crippen molar-refractivity contribution in [2.24, 2.45) is 0 Å². The number of benzene rings is 2. The molecule has 0 aliphatic heterocycles. The molecule has 0 atom stereocenters. The van der Waals surface area contributed by atoms with Gasteiger partial charge in [0.25, 0.3) is 5.56 Å². The zero-order valence-electron chi connectivity index (χ0n) is 13.6. The highest BCUT2D eigenvalue weighted by molar-refractivity contribution is 5.79. The van der Waals surface area contributed by atoms with Crippen molar-refractivity contribution in [2.45, 2.75) is 26.2 Å². The van der Waals surface area contributed by atoms with Gasteiger partial charge in [0.1, 0.15) is 0 Å². The second-order valence-corrected chi connectivity index (χ2v) is 6.02. The fourth-order valence-corrected chi connectivity index (χ4v) is 3.12. The molecular formula is C20H19N3O. The molecule has 0 aliphatic carbocycles. The van der Waals surface area contributed by atoms with E-state index in [2.05, 4.69) is 18.1 Å². The average Bonchev–Trinajstić information content (AvgIpc) is 2.98. The van der Waals surface area contributed by atoms with Crippen LogP contribution in [0.25, 0.3) is 22.2 Å². The van der Waals surface area contributed by atoms with E-state index in [0.29, 0.717) is 5.69 Å². The summed E-state index contributed by atoms with van der Waals surface area (Å²) in [5.41, 5.74) is 3.22. The molecule has 2 aromatic carbocycles. The smallest absolute Gasteiger partial charge is 0.265 e. The van der Waals surface area contributed by atoms with Crippen LogP contribution in [0, 0.1) is 0 Å². The first kappa shape index (κ1) is 14.7. The maximum atomic E-state index is 13.0. The monoisotopic (exact) mass is 317 g/mol. The van der Waals surface area contributed by atoms with Gasteiger partial charge in [-0.25, -0.2) is 0 Å². The molecule has 0 unspecified atom stereocenters. The van der Waals surface area contributed by atoms with Gasteiger partial charge in [-0.05, 0) is 25.0 Å². The van der Waals surface area contributed by atoms with E-state index in [-0.39, 0.29) is 5.56 Å². The number of aryl methyl sites for hydroxylation is 1. The van der Waals surface area contributed by atoms with Crippen LogP contribution in [0.1, 0.15) is 25.5 Å². The van der Waals surface area contributed by atoms with Crippen LogP contribution in [0.3, 0.4) is 0 Å². The number of aromatic nitrogens is 3. The number of para-hydroxylation sites is 1. The van der Waals surface area contributed by atoms with Gasteiger partial charge in [-0.2, -0.15) is 9.15 Å². The summed E-state index contributed by atoms with van der Waals surface area (Å²) in [6.45, 7) is 2.17. The van der Waals surface area contributed by atoms with Crippen LogP contribution in [0.15, 0.2) is 65.5 Å². The summed E-state index contributed by atoms with van der Waals surface area (Å²) in [5, 5.41) is 5.72. The van der Waals surface area contributed by atoms with Crippen molar-refractivity contribution >= 4 is 10.9 Å². The average molecular weight is 317 g/mol. The van der Waals surface area contributed by atoms with Gasteiger partial charge in [0, 0.05) is 10.9 Å². The maximum Gasteiger partial charge on any atom is 0.299 e. The largest absolute Gasteiger partial charge is 0.299 e. The Kier molecular flexibility index (Phi) is 3.65. The number of nitrogens with zero attached hydrogens (tertiary/aromatic N) is 3. The van der Waals surface area contributed by atoms with Gasteiger partial charge in [-0.3, -0.25) is 4.79 Å². The predicted molar refractivity (Wildman–Crippen MR) is 96.5 cm³/mol. The minimum Gasteiger partial charge on any atom is -0.265 e. The van der Waals surface area contributed by atoms with Crippen molar-refractivity contribution in [3.05, 3.63) is 76.7 Å². The van der Waals surface area contributed by atoms with Crippen LogP contribution < -0.4 is 5.56 Å². The number of hydrogen-bond acceptors (Lipinski definition) is 2. The molecule has 4 aromatic rings. The lowest BCUT2D eigenvalue weighted by Gasteiger charge is -2.08. The molecule has 4 heteroatoms. The van der Waals surface area contributed by atoms with Gasteiger partial charge < -0.3 is 0 Å². The fourth-order valence-electron chi connectivity index (χ4n) is 3.12. The Morgan fingerprint density at radius 3 is 2.54 bits per heavy atom. The van der Waals surface area contributed by atoms with Crippen molar-refractivity contribution in [2.75, 3.05) is 0 Å². The molecule has 0 spiro atoms.